The summed E-state index contributed by atoms with van der Waals surface area (Å²) in [7, 11) is 0. The Morgan fingerprint density at radius 1 is 1.11 bits per heavy atom. The van der Waals surface area contributed by atoms with E-state index in [-0.39, 0.29) is 22.7 Å². The van der Waals surface area contributed by atoms with E-state index in [0.717, 1.165) is 11.0 Å². The van der Waals surface area contributed by atoms with Gasteiger partial charge >= 0.3 is 12.4 Å². The SMILES string of the molecule is Cc1ccc(NC(=O)C2CC(C(F)(F)F)CN(C(=O)c3ccc(Br)cn3)C2c2ccco2)cc1C(F)(F)F. The maximum absolute atomic E-state index is 14.0. The molecule has 0 spiro atoms. The third-order valence-electron chi connectivity index (χ3n) is 6.32. The van der Waals surface area contributed by atoms with Gasteiger partial charge in [-0.2, -0.15) is 26.3 Å². The van der Waals surface area contributed by atoms with Crippen molar-refractivity contribution in [1.82, 2.24) is 9.88 Å². The van der Waals surface area contributed by atoms with Gasteiger partial charge in [0.25, 0.3) is 5.91 Å². The first-order valence-electron chi connectivity index (χ1n) is 11.3. The Morgan fingerprint density at radius 2 is 1.84 bits per heavy atom. The second-order valence-corrected chi connectivity index (χ2v) is 9.79. The van der Waals surface area contributed by atoms with Gasteiger partial charge in [0, 0.05) is 22.9 Å². The second kappa shape index (κ2) is 10.4. The number of alkyl halides is 6. The first-order valence-corrected chi connectivity index (χ1v) is 12.1. The van der Waals surface area contributed by atoms with Gasteiger partial charge in [-0.15, -0.1) is 0 Å². The number of aryl methyl sites for hydroxylation is 1. The summed E-state index contributed by atoms with van der Waals surface area (Å²) in [6.45, 7) is 0.480. The number of likely N-dealkylation sites (tertiary alicyclic amines) is 1. The minimum absolute atomic E-state index is 0.0520. The highest BCUT2D eigenvalue weighted by Gasteiger charge is 2.52. The molecule has 13 heteroatoms. The van der Waals surface area contributed by atoms with Crippen LogP contribution in [0.15, 0.2) is 63.8 Å². The number of furan rings is 1. The molecule has 2 amide bonds. The molecule has 6 nitrogen and oxygen atoms in total. The zero-order valence-electron chi connectivity index (χ0n) is 19.6. The number of carbonyl (C=O) groups is 2. The molecular weight excluding hydrogens is 584 g/mol. The normalized spacial score (nSPS) is 20.3. The Bertz CT molecular complexity index is 1310. The highest BCUT2D eigenvalue weighted by Crippen LogP contribution is 2.45. The monoisotopic (exact) mass is 603 g/mol. The zero-order chi connectivity index (χ0) is 27.8. The van der Waals surface area contributed by atoms with Crippen LogP contribution in [-0.2, 0) is 11.0 Å². The summed E-state index contributed by atoms with van der Waals surface area (Å²) < 4.78 is 87.9. The van der Waals surface area contributed by atoms with Crippen LogP contribution in [0.5, 0.6) is 0 Å². The number of amides is 2. The number of aromatic nitrogens is 1. The molecule has 1 aromatic carbocycles. The van der Waals surface area contributed by atoms with Crippen LogP contribution >= 0.6 is 15.9 Å². The Morgan fingerprint density at radius 3 is 2.42 bits per heavy atom. The molecule has 38 heavy (non-hydrogen) atoms. The molecular formula is C25H20BrF6N3O3. The molecule has 202 valence electrons. The maximum atomic E-state index is 14.0. The maximum Gasteiger partial charge on any atom is 0.416 e. The van der Waals surface area contributed by atoms with E-state index in [9.17, 15) is 35.9 Å². The standard InChI is InChI=1S/C25H20BrF6N3O3/c1-13-4-6-16(10-18(13)25(30,31)32)34-22(36)17-9-14(24(27,28)29)12-35(21(17)20-3-2-8-38-20)23(37)19-7-5-15(26)11-33-19/h2-8,10-11,14,17,21H,9,12H2,1H3,(H,34,36). The van der Waals surface area contributed by atoms with E-state index in [2.05, 4.69) is 26.2 Å². The Hall–Kier alpha value is -3.35. The lowest BCUT2D eigenvalue weighted by Gasteiger charge is -2.43. The van der Waals surface area contributed by atoms with Gasteiger partial charge < -0.3 is 14.6 Å². The van der Waals surface area contributed by atoms with Gasteiger partial charge in [-0.1, -0.05) is 6.07 Å². The number of piperidine rings is 1. The van der Waals surface area contributed by atoms with Crippen molar-refractivity contribution in [1.29, 1.82) is 0 Å². The zero-order valence-corrected chi connectivity index (χ0v) is 21.2. The molecule has 3 atom stereocenters. The Labute approximate surface area is 221 Å². The van der Waals surface area contributed by atoms with E-state index in [4.69, 9.17) is 4.42 Å². The molecule has 0 bridgehead atoms. The van der Waals surface area contributed by atoms with Gasteiger partial charge in [0.2, 0.25) is 5.91 Å². The van der Waals surface area contributed by atoms with Crippen LogP contribution in [0.1, 0.15) is 39.8 Å². The summed E-state index contributed by atoms with van der Waals surface area (Å²) in [5.41, 5.74) is -1.47. The highest BCUT2D eigenvalue weighted by atomic mass is 79.9. The molecule has 0 aliphatic carbocycles. The largest absolute Gasteiger partial charge is 0.467 e. The number of halogens is 7. The second-order valence-electron chi connectivity index (χ2n) is 8.88. The van der Waals surface area contributed by atoms with Crippen LogP contribution in [0.3, 0.4) is 0 Å². The van der Waals surface area contributed by atoms with Crippen molar-refractivity contribution in [2.75, 3.05) is 11.9 Å². The number of benzene rings is 1. The molecule has 3 aromatic rings. The summed E-state index contributed by atoms with van der Waals surface area (Å²) in [6, 6.07) is 7.51. The van der Waals surface area contributed by atoms with Crippen molar-refractivity contribution in [3.8, 4) is 0 Å². The molecule has 0 radical (unpaired) electrons. The minimum atomic E-state index is -4.76. The topological polar surface area (TPSA) is 75.4 Å². The van der Waals surface area contributed by atoms with E-state index in [1.807, 2.05) is 0 Å². The van der Waals surface area contributed by atoms with Gasteiger partial charge in [-0.05, 0) is 71.2 Å². The highest BCUT2D eigenvalue weighted by molar-refractivity contribution is 9.10. The molecule has 0 saturated carbocycles. The molecule has 1 aliphatic rings. The molecule has 1 aliphatic heterocycles. The number of nitrogens with zero attached hydrogens (tertiary/aromatic N) is 2. The first-order chi connectivity index (χ1) is 17.8. The van der Waals surface area contributed by atoms with Gasteiger partial charge in [0.15, 0.2) is 0 Å². The number of carbonyl (C=O) groups excluding carboxylic acids is 2. The Balaban J connectivity index is 1.74. The van der Waals surface area contributed by atoms with Crippen LogP contribution in [0, 0.1) is 18.8 Å². The van der Waals surface area contributed by atoms with E-state index in [1.54, 1.807) is 0 Å². The van der Waals surface area contributed by atoms with Crippen molar-refractivity contribution in [2.24, 2.45) is 11.8 Å². The fraction of sp³-hybridized carbons (Fsp3) is 0.320. The molecule has 1 N–H and O–H groups in total. The van der Waals surface area contributed by atoms with Gasteiger partial charge in [0.1, 0.15) is 17.5 Å². The average molecular weight is 604 g/mol. The van der Waals surface area contributed by atoms with Crippen LogP contribution < -0.4 is 5.32 Å². The third kappa shape index (κ3) is 5.87. The predicted molar refractivity (Wildman–Crippen MR) is 127 cm³/mol. The van der Waals surface area contributed by atoms with E-state index in [0.29, 0.717) is 10.5 Å². The summed E-state index contributed by atoms with van der Waals surface area (Å²) >= 11 is 3.18. The third-order valence-corrected chi connectivity index (χ3v) is 6.79. The van der Waals surface area contributed by atoms with E-state index >= 15 is 0 Å². The molecule has 4 rings (SSSR count). The van der Waals surface area contributed by atoms with Crippen LogP contribution in [0.2, 0.25) is 0 Å². The van der Waals surface area contributed by atoms with Crippen molar-refractivity contribution in [3.63, 3.8) is 0 Å². The summed E-state index contributed by atoms with van der Waals surface area (Å²) in [5.74, 6) is -5.38. The number of anilines is 1. The van der Waals surface area contributed by atoms with Crippen LogP contribution in [0.25, 0.3) is 0 Å². The van der Waals surface area contributed by atoms with E-state index in [1.165, 1.54) is 49.7 Å². The van der Waals surface area contributed by atoms with E-state index < -0.39 is 60.6 Å². The van der Waals surface area contributed by atoms with Gasteiger partial charge in [-0.3, -0.25) is 9.59 Å². The molecule has 1 fully saturated rings. The summed E-state index contributed by atoms with van der Waals surface area (Å²) in [4.78, 5) is 31.6. The number of hydrogen-bond donors (Lipinski definition) is 1. The Kier molecular flexibility index (Phi) is 7.60. The van der Waals surface area contributed by atoms with Crippen molar-refractivity contribution >= 4 is 33.4 Å². The van der Waals surface area contributed by atoms with Gasteiger partial charge in [-0.25, -0.2) is 4.98 Å². The molecule has 1 saturated heterocycles. The van der Waals surface area contributed by atoms with Crippen molar-refractivity contribution in [3.05, 3.63) is 82.0 Å². The average Bonchev–Trinajstić information content (AvgIpc) is 3.38. The lowest BCUT2D eigenvalue weighted by Crippen LogP contribution is -2.52. The fourth-order valence-corrected chi connectivity index (χ4v) is 4.71. The summed E-state index contributed by atoms with van der Waals surface area (Å²) in [5, 5.41) is 2.31. The quantitative estimate of drug-likeness (QED) is 0.333. The number of pyridine rings is 1. The molecule has 3 unspecified atom stereocenters. The van der Waals surface area contributed by atoms with Crippen molar-refractivity contribution < 1.29 is 40.3 Å². The first kappa shape index (κ1) is 27.7. The van der Waals surface area contributed by atoms with Crippen LogP contribution in [0.4, 0.5) is 32.0 Å². The van der Waals surface area contributed by atoms with Crippen molar-refractivity contribution in [2.45, 2.75) is 31.7 Å². The lowest BCUT2D eigenvalue weighted by atomic mass is 9.80. The number of rotatable bonds is 4. The predicted octanol–water partition coefficient (Wildman–Crippen LogP) is 6.78. The smallest absolute Gasteiger partial charge is 0.416 e. The number of hydrogen-bond acceptors (Lipinski definition) is 4. The van der Waals surface area contributed by atoms with Crippen LogP contribution in [-0.4, -0.2) is 34.4 Å². The fourth-order valence-electron chi connectivity index (χ4n) is 4.48. The summed E-state index contributed by atoms with van der Waals surface area (Å²) in [6.07, 6.45) is -7.62. The molecule has 2 aromatic heterocycles. The van der Waals surface area contributed by atoms with Gasteiger partial charge in [0.05, 0.1) is 23.7 Å². The number of nitrogens with one attached hydrogen (secondary N) is 1. The molecule has 3 heterocycles. The lowest BCUT2D eigenvalue weighted by molar-refractivity contribution is -0.194. The minimum Gasteiger partial charge on any atom is -0.467 e.